The summed E-state index contributed by atoms with van der Waals surface area (Å²) in [7, 11) is -2.07. The van der Waals surface area contributed by atoms with Gasteiger partial charge in [0.25, 0.3) is 0 Å². The average Bonchev–Trinajstić information content (AvgIpc) is 2.39. The Labute approximate surface area is 113 Å². The van der Waals surface area contributed by atoms with Crippen molar-refractivity contribution in [2.75, 3.05) is 7.05 Å². The lowest BCUT2D eigenvalue weighted by atomic mass is 9.92. The average molecular weight is 286 g/mol. The van der Waals surface area contributed by atoms with Gasteiger partial charge < -0.3 is 5.73 Å². The van der Waals surface area contributed by atoms with Gasteiger partial charge in [0.1, 0.15) is 5.82 Å². The van der Waals surface area contributed by atoms with Gasteiger partial charge in [0.15, 0.2) is 0 Å². The number of sulfonamides is 1. The maximum atomic E-state index is 13.2. The minimum absolute atomic E-state index is 0.00451. The minimum atomic E-state index is -3.63. The highest BCUT2D eigenvalue weighted by molar-refractivity contribution is 7.89. The number of nitrogens with zero attached hydrogens (tertiary/aromatic N) is 1. The number of benzene rings is 1. The maximum absolute atomic E-state index is 13.2. The van der Waals surface area contributed by atoms with Crippen molar-refractivity contribution in [2.24, 2.45) is 5.73 Å². The Morgan fingerprint density at radius 3 is 2.47 bits per heavy atom. The van der Waals surface area contributed by atoms with Gasteiger partial charge in [0.2, 0.25) is 10.0 Å². The maximum Gasteiger partial charge on any atom is 0.243 e. The molecule has 0 radical (unpaired) electrons. The summed E-state index contributed by atoms with van der Waals surface area (Å²) in [5.74, 6) is -0.542. The van der Waals surface area contributed by atoms with Gasteiger partial charge in [-0.2, -0.15) is 4.31 Å². The van der Waals surface area contributed by atoms with E-state index in [1.807, 2.05) is 0 Å². The second kappa shape index (κ2) is 5.56. The van der Waals surface area contributed by atoms with Crippen LogP contribution >= 0.6 is 0 Å². The first-order valence-electron chi connectivity index (χ1n) is 6.40. The molecule has 1 aliphatic carbocycles. The lowest BCUT2D eigenvalue weighted by Gasteiger charge is -2.32. The third-order valence-corrected chi connectivity index (χ3v) is 5.63. The largest absolute Gasteiger partial charge is 0.328 e. The van der Waals surface area contributed by atoms with E-state index in [9.17, 15) is 12.8 Å². The molecule has 0 unspecified atom stereocenters. The molecule has 0 amide bonds. The van der Waals surface area contributed by atoms with Gasteiger partial charge in [-0.15, -0.1) is 0 Å². The number of hydrogen-bond acceptors (Lipinski definition) is 3. The first kappa shape index (κ1) is 14.4. The monoisotopic (exact) mass is 286 g/mol. The molecule has 1 saturated carbocycles. The second-order valence-electron chi connectivity index (χ2n) is 5.05. The van der Waals surface area contributed by atoms with Crippen molar-refractivity contribution in [3.63, 3.8) is 0 Å². The van der Waals surface area contributed by atoms with Crippen LogP contribution in [0.3, 0.4) is 0 Å². The molecule has 1 aromatic rings. The summed E-state index contributed by atoms with van der Waals surface area (Å²) in [6.07, 6.45) is 3.17. The van der Waals surface area contributed by atoms with Gasteiger partial charge >= 0.3 is 0 Å². The van der Waals surface area contributed by atoms with Crippen molar-refractivity contribution in [1.29, 1.82) is 0 Å². The van der Waals surface area contributed by atoms with Crippen LogP contribution < -0.4 is 5.73 Å². The van der Waals surface area contributed by atoms with Crippen molar-refractivity contribution in [2.45, 2.75) is 42.7 Å². The molecule has 0 spiro atoms. The van der Waals surface area contributed by atoms with Crippen LogP contribution in [0.25, 0.3) is 0 Å². The summed E-state index contributed by atoms with van der Waals surface area (Å²) in [5.41, 5.74) is 5.82. The number of halogens is 1. The molecule has 1 aliphatic rings. The molecule has 106 valence electrons. The van der Waals surface area contributed by atoms with E-state index in [1.165, 1.54) is 22.5 Å². The van der Waals surface area contributed by atoms with E-state index in [4.69, 9.17) is 5.73 Å². The van der Waals surface area contributed by atoms with E-state index < -0.39 is 15.8 Å². The molecule has 0 saturated heterocycles. The molecule has 4 nitrogen and oxygen atoms in total. The molecule has 6 heteroatoms. The van der Waals surface area contributed by atoms with Crippen molar-refractivity contribution >= 4 is 10.0 Å². The molecule has 2 rings (SSSR count). The summed E-state index contributed by atoms with van der Waals surface area (Å²) in [5, 5.41) is 0. The molecular weight excluding hydrogens is 267 g/mol. The predicted octanol–water partition coefficient (Wildman–Crippen LogP) is 1.72. The quantitative estimate of drug-likeness (QED) is 0.920. The van der Waals surface area contributed by atoms with Crippen LogP contribution in [-0.2, 0) is 10.0 Å². The highest BCUT2D eigenvalue weighted by Gasteiger charge is 2.30. The van der Waals surface area contributed by atoms with E-state index in [-0.39, 0.29) is 17.0 Å². The zero-order valence-corrected chi connectivity index (χ0v) is 11.7. The molecule has 0 bridgehead atoms. The lowest BCUT2D eigenvalue weighted by molar-refractivity contribution is 0.268. The van der Waals surface area contributed by atoms with Crippen molar-refractivity contribution in [1.82, 2.24) is 4.31 Å². The van der Waals surface area contributed by atoms with Crippen LogP contribution in [0.1, 0.15) is 25.7 Å². The van der Waals surface area contributed by atoms with Gasteiger partial charge in [-0.05, 0) is 43.9 Å². The van der Waals surface area contributed by atoms with Crippen LogP contribution in [0.15, 0.2) is 29.2 Å². The first-order chi connectivity index (χ1) is 8.91. The van der Waals surface area contributed by atoms with Gasteiger partial charge in [0, 0.05) is 19.1 Å². The number of rotatable bonds is 3. The molecule has 1 fully saturated rings. The fraction of sp³-hybridized carbons (Fsp3) is 0.538. The molecular formula is C13H19FN2O2S. The van der Waals surface area contributed by atoms with Crippen LogP contribution in [-0.4, -0.2) is 31.9 Å². The fourth-order valence-electron chi connectivity index (χ4n) is 2.46. The number of hydrogen-bond donors (Lipinski definition) is 1. The Balaban J connectivity index is 2.20. The minimum Gasteiger partial charge on any atom is -0.328 e. The normalized spacial score (nSPS) is 24.6. The topological polar surface area (TPSA) is 63.4 Å². The Morgan fingerprint density at radius 1 is 1.26 bits per heavy atom. The molecule has 0 aliphatic heterocycles. The van der Waals surface area contributed by atoms with Gasteiger partial charge in [-0.3, -0.25) is 0 Å². The van der Waals surface area contributed by atoms with E-state index in [0.717, 1.165) is 31.7 Å². The summed E-state index contributed by atoms with van der Waals surface area (Å²) in [6.45, 7) is 0. The van der Waals surface area contributed by atoms with Crippen molar-refractivity contribution < 1.29 is 12.8 Å². The fourth-order valence-corrected chi connectivity index (χ4v) is 3.90. The SMILES string of the molecule is CN(C1CCC(N)CC1)S(=O)(=O)c1cccc(F)c1. The third kappa shape index (κ3) is 3.13. The Kier molecular flexibility index (Phi) is 4.23. The van der Waals surface area contributed by atoms with Crippen LogP contribution in [0.4, 0.5) is 4.39 Å². The Hall–Kier alpha value is -0.980. The summed E-state index contributed by atoms with van der Waals surface area (Å²) in [6, 6.07) is 5.24. The lowest BCUT2D eigenvalue weighted by Crippen LogP contribution is -2.41. The Bertz CT molecular complexity index is 539. The molecule has 2 N–H and O–H groups in total. The standard InChI is InChI=1S/C13H19FN2O2S/c1-16(12-7-5-11(15)6-8-12)19(17,18)13-4-2-3-10(14)9-13/h2-4,9,11-12H,5-8,15H2,1H3. The van der Waals surface area contributed by atoms with E-state index in [0.29, 0.717) is 0 Å². The summed E-state index contributed by atoms with van der Waals surface area (Å²) < 4.78 is 39.3. The predicted molar refractivity (Wildman–Crippen MR) is 71.6 cm³/mol. The van der Waals surface area contributed by atoms with E-state index in [1.54, 1.807) is 7.05 Å². The highest BCUT2D eigenvalue weighted by Crippen LogP contribution is 2.26. The first-order valence-corrected chi connectivity index (χ1v) is 7.84. The van der Waals surface area contributed by atoms with Gasteiger partial charge in [-0.1, -0.05) is 6.07 Å². The van der Waals surface area contributed by atoms with E-state index in [2.05, 4.69) is 0 Å². The van der Waals surface area contributed by atoms with E-state index >= 15 is 0 Å². The van der Waals surface area contributed by atoms with Gasteiger partial charge in [-0.25, -0.2) is 12.8 Å². The smallest absolute Gasteiger partial charge is 0.243 e. The zero-order chi connectivity index (χ0) is 14.0. The third-order valence-electron chi connectivity index (χ3n) is 3.73. The molecule has 0 atom stereocenters. The van der Waals surface area contributed by atoms with Crippen LogP contribution in [0, 0.1) is 5.82 Å². The van der Waals surface area contributed by atoms with Gasteiger partial charge in [0.05, 0.1) is 4.90 Å². The zero-order valence-electron chi connectivity index (χ0n) is 10.9. The number of nitrogens with two attached hydrogens (primary N) is 1. The molecule has 0 heterocycles. The molecule has 0 aromatic heterocycles. The highest BCUT2D eigenvalue weighted by atomic mass is 32.2. The molecule has 19 heavy (non-hydrogen) atoms. The summed E-state index contributed by atoms with van der Waals surface area (Å²) in [4.78, 5) is 0.00451. The van der Waals surface area contributed by atoms with Crippen LogP contribution in [0.5, 0.6) is 0 Å². The van der Waals surface area contributed by atoms with Crippen molar-refractivity contribution in [3.8, 4) is 0 Å². The van der Waals surface area contributed by atoms with Crippen molar-refractivity contribution in [3.05, 3.63) is 30.1 Å². The molecule has 1 aromatic carbocycles. The second-order valence-corrected chi connectivity index (χ2v) is 7.04. The Morgan fingerprint density at radius 2 is 1.89 bits per heavy atom. The summed E-state index contributed by atoms with van der Waals surface area (Å²) >= 11 is 0. The van der Waals surface area contributed by atoms with Crippen LogP contribution in [0.2, 0.25) is 0 Å².